The van der Waals surface area contributed by atoms with Crippen molar-refractivity contribution in [3.63, 3.8) is 0 Å². The largest absolute Gasteiger partial charge is 0.338 e. The number of nitrogens with zero attached hydrogens (tertiary/aromatic N) is 2. The number of aryl methyl sites for hydroxylation is 2. The third kappa shape index (κ3) is 3.20. The molecule has 2 rings (SSSR count). The first kappa shape index (κ1) is 13.7. The van der Waals surface area contributed by atoms with Crippen LogP contribution in [0.25, 0.3) is 0 Å². The summed E-state index contributed by atoms with van der Waals surface area (Å²) >= 11 is 0. The lowest BCUT2D eigenvalue weighted by molar-refractivity contribution is 0.373. The average Bonchev–Trinajstić information content (AvgIpc) is 2.74. The molecule has 0 amide bonds. The number of rotatable bonds is 4. The molecule has 1 atom stereocenters. The maximum Gasteiger partial charge on any atom is 0.244 e. The highest BCUT2D eigenvalue weighted by atomic mass is 32.2. The first-order valence-corrected chi connectivity index (χ1v) is 7.67. The topological polar surface area (TPSA) is 73.1 Å². The lowest BCUT2D eigenvalue weighted by atomic mass is 10.2. The summed E-state index contributed by atoms with van der Waals surface area (Å²) in [6, 6.07) is 7.45. The molecule has 0 unspecified atom stereocenters. The molecule has 0 fully saturated rings. The van der Waals surface area contributed by atoms with Crippen LogP contribution in [0.4, 0.5) is 0 Å². The van der Waals surface area contributed by atoms with Gasteiger partial charge in [-0.1, -0.05) is 35.0 Å². The molecule has 0 saturated heterocycles. The molecular formula is C13H16N2O3S. The van der Waals surface area contributed by atoms with Gasteiger partial charge in [-0.15, -0.1) is 0 Å². The van der Waals surface area contributed by atoms with E-state index in [1.807, 2.05) is 25.1 Å². The van der Waals surface area contributed by atoms with Gasteiger partial charge in [-0.3, -0.25) is 0 Å². The van der Waals surface area contributed by atoms with E-state index in [1.165, 1.54) is 0 Å². The van der Waals surface area contributed by atoms with Crippen molar-refractivity contribution in [3.8, 4) is 0 Å². The van der Waals surface area contributed by atoms with Gasteiger partial charge in [-0.05, 0) is 26.3 Å². The van der Waals surface area contributed by atoms with Crippen LogP contribution in [0.2, 0.25) is 0 Å². The number of benzene rings is 1. The van der Waals surface area contributed by atoms with Crippen LogP contribution in [0.1, 0.15) is 35.0 Å². The smallest absolute Gasteiger partial charge is 0.244 e. The zero-order valence-corrected chi connectivity index (χ0v) is 11.9. The van der Waals surface area contributed by atoms with Gasteiger partial charge < -0.3 is 4.52 Å². The maximum absolute atomic E-state index is 12.3. The summed E-state index contributed by atoms with van der Waals surface area (Å²) in [5.74, 6) is 0.551. The summed E-state index contributed by atoms with van der Waals surface area (Å²) in [5.41, 5.74) is 1.80. The second-order valence-corrected chi connectivity index (χ2v) is 6.94. The maximum atomic E-state index is 12.3. The van der Waals surface area contributed by atoms with Gasteiger partial charge in [-0.25, -0.2) is 8.42 Å². The normalized spacial score (nSPS) is 13.4. The Hall–Kier alpha value is -1.69. The van der Waals surface area contributed by atoms with Crippen molar-refractivity contribution >= 4 is 9.84 Å². The minimum absolute atomic E-state index is 0.0305. The van der Waals surface area contributed by atoms with Crippen LogP contribution in [0.5, 0.6) is 0 Å². The lowest BCUT2D eigenvalue weighted by Crippen LogP contribution is -2.13. The fourth-order valence-corrected chi connectivity index (χ4v) is 3.09. The molecule has 0 bridgehead atoms. The van der Waals surface area contributed by atoms with Gasteiger partial charge >= 0.3 is 0 Å². The van der Waals surface area contributed by atoms with E-state index in [0.717, 1.165) is 11.1 Å². The Morgan fingerprint density at radius 3 is 2.63 bits per heavy atom. The van der Waals surface area contributed by atoms with Crippen LogP contribution in [-0.4, -0.2) is 18.6 Å². The molecule has 102 valence electrons. The number of aromatic nitrogens is 2. The minimum Gasteiger partial charge on any atom is -0.338 e. The van der Waals surface area contributed by atoms with Gasteiger partial charge in [0.15, 0.2) is 15.7 Å². The standard InChI is InChI=1S/C13H16N2O3S/c1-9-5-4-6-12(7-9)8-19(16,17)10(2)13-14-11(3)15-18-13/h4-7,10H,8H2,1-3H3/t10-/m0/s1. The molecule has 0 aliphatic rings. The van der Waals surface area contributed by atoms with Crippen LogP contribution < -0.4 is 0 Å². The molecule has 6 heteroatoms. The summed E-state index contributed by atoms with van der Waals surface area (Å²) < 4.78 is 29.5. The molecule has 1 aromatic carbocycles. The summed E-state index contributed by atoms with van der Waals surface area (Å²) in [7, 11) is -3.37. The van der Waals surface area contributed by atoms with Gasteiger partial charge in [0.1, 0.15) is 5.25 Å². The van der Waals surface area contributed by atoms with Crippen molar-refractivity contribution in [3.05, 3.63) is 47.1 Å². The molecule has 5 nitrogen and oxygen atoms in total. The van der Waals surface area contributed by atoms with E-state index < -0.39 is 15.1 Å². The molecule has 1 aromatic heterocycles. The van der Waals surface area contributed by atoms with Crippen LogP contribution >= 0.6 is 0 Å². The molecule has 1 heterocycles. The number of hydrogen-bond donors (Lipinski definition) is 0. The second-order valence-electron chi connectivity index (χ2n) is 4.62. The van der Waals surface area contributed by atoms with Crippen molar-refractivity contribution < 1.29 is 12.9 Å². The Kier molecular flexibility index (Phi) is 3.71. The Bertz CT molecular complexity index is 677. The predicted octanol–water partition coefficient (Wildman–Crippen LogP) is 2.36. The van der Waals surface area contributed by atoms with E-state index in [0.29, 0.717) is 5.82 Å². The van der Waals surface area contributed by atoms with Crippen LogP contribution in [0.3, 0.4) is 0 Å². The van der Waals surface area contributed by atoms with Gasteiger partial charge in [0.25, 0.3) is 0 Å². The van der Waals surface area contributed by atoms with Gasteiger partial charge in [0.05, 0.1) is 5.75 Å². The quantitative estimate of drug-likeness (QED) is 0.859. The van der Waals surface area contributed by atoms with Crippen LogP contribution in [0.15, 0.2) is 28.8 Å². The fourth-order valence-electron chi connectivity index (χ4n) is 1.79. The first-order chi connectivity index (χ1) is 8.88. The summed E-state index contributed by atoms with van der Waals surface area (Å²) in [5, 5.41) is 2.82. The molecule has 0 saturated carbocycles. The molecule has 0 N–H and O–H groups in total. The molecule has 19 heavy (non-hydrogen) atoms. The third-order valence-corrected chi connectivity index (χ3v) is 4.89. The molecule has 0 radical (unpaired) electrons. The highest BCUT2D eigenvalue weighted by molar-refractivity contribution is 7.90. The zero-order chi connectivity index (χ0) is 14.0. The highest BCUT2D eigenvalue weighted by Gasteiger charge is 2.27. The predicted molar refractivity (Wildman–Crippen MR) is 71.3 cm³/mol. The Morgan fingerprint density at radius 2 is 2.05 bits per heavy atom. The minimum atomic E-state index is -3.37. The average molecular weight is 280 g/mol. The highest BCUT2D eigenvalue weighted by Crippen LogP contribution is 2.24. The summed E-state index contributed by atoms with van der Waals surface area (Å²) in [6.45, 7) is 5.16. The zero-order valence-electron chi connectivity index (χ0n) is 11.1. The van der Waals surface area contributed by atoms with E-state index in [1.54, 1.807) is 19.9 Å². The van der Waals surface area contributed by atoms with E-state index in [-0.39, 0.29) is 11.6 Å². The Labute approximate surface area is 112 Å². The monoisotopic (exact) mass is 280 g/mol. The van der Waals surface area contributed by atoms with Gasteiger partial charge in [0.2, 0.25) is 5.89 Å². The molecule has 0 aliphatic carbocycles. The van der Waals surface area contributed by atoms with Crippen LogP contribution in [0, 0.1) is 13.8 Å². The SMILES string of the molecule is Cc1cccc(CS(=O)(=O)[C@@H](C)c2nc(C)no2)c1. The second kappa shape index (κ2) is 5.13. The first-order valence-electron chi connectivity index (χ1n) is 5.96. The summed E-state index contributed by atoms with van der Waals surface area (Å²) in [6.07, 6.45) is 0. The van der Waals surface area contributed by atoms with Crippen molar-refractivity contribution in [2.24, 2.45) is 0 Å². The van der Waals surface area contributed by atoms with E-state index in [9.17, 15) is 8.42 Å². The van der Waals surface area contributed by atoms with E-state index in [2.05, 4.69) is 10.1 Å². The lowest BCUT2D eigenvalue weighted by Gasteiger charge is -2.09. The number of hydrogen-bond acceptors (Lipinski definition) is 5. The Balaban J connectivity index is 2.23. The fraction of sp³-hybridized carbons (Fsp3) is 0.385. The molecular weight excluding hydrogens is 264 g/mol. The van der Waals surface area contributed by atoms with Crippen molar-refractivity contribution in [2.45, 2.75) is 31.8 Å². The van der Waals surface area contributed by atoms with Gasteiger partial charge in [0, 0.05) is 0 Å². The number of sulfone groups is 1. The van der Waals surface area contributed by atoms with Gasteiger partial charge in [-0.2, -0.15) is 4.98 Å². The van der Waals surface area contributed by atoms with Crippen molar-refractivity contribution in [1.82, 2.24) is 10.1 Å². The van der Waals surface area contributed by atoms with Crippen molar-refractivity contribution in [2.75, 3.05) is 0 Å². The molecule has 2 aromatic rings. The molecule has 0 aliphatic heterocycles. The molecule has 0 spiro atoms. The van der Waals surface area contributed by atoms with Crippen molar-refractivity contribution in [1.29, 1.82) is 0 Å². The van der Waals surface area contributed by atoms with E-state index in [4.69, 9.17) is 4.52 Å². The van der Waals surface area contributed by atoms with E-state index >= 15 is 0 Å². The van der Waals surface area contributed by atoms with Crippen LogP contribution in [-0.2, 0) is 15.6 Å². The Morgan fingerprint density at radius 1 is 1.32 bits per heavy atom. The summed E-state index contributed by atoms with van der Waals surface area (Å²) in [4.78, 5) is 3.98. The third-order valence-electron chi connectivity index (χ3n) is 2.88.